The molecule has 3 rings (SSSR count). The first-order valence-corrected chi connectivity index (χ1v) is 11.9. The largest absolute Gasteiger partial charge is 0.507 e. The molecular weight excluding hydrogens is 308 g/mol. The van der Waals surface area contributed by atoms with Gasteiger partial charge in [-0.15, -0.1) is 0 Å². The van der Waals surface area contributed by atoms with Gasteiger partial charge >= 0.3 is 0 Å². The monoisotopic (exact) mass is 334 g/mol. The number of hydrogen-bond donors (Lipinski definition) is 1. The number of aromatic hydroxyl groups is 1. The second-order valence-electron chi connectivity index (χ2n) is 7.56. The Morgan fingerprint density at radius 1 is 0.875 bits per heavy atom. The van der Waals surface area contributed by atoms with Crippen LogP contribution in [0.4, 0.5) is 0 Å². The number of hydrogen-bond acceptors (Lipinski definition) is 1. The van der Waals surface area contributed by atoms with Crippen LogP contribution < -0.4 is 5.19 Å². The first-order valence-electron chi connectivity index (χ1n) is 8.72. The van der Waals surface area contributed by atoms with Crippen LogP contribution in [0.15, 0.2) is 66.7 Å². The molecule has 0 bridgehead atoms. The zero-order valence-corrected chi connectivity index (χ0v) is 15.8. The van der Waals surface area contributed by atoms with Gasteiger partial charge in [0, 0.05) is 5.39 Å². The molecule has 0 spiro atoms. The number of phenolic OH excluding ortho intramolecular Hbond substituents is 1. The van der Waals surface area contributed by atoms with E-state index in [4.69, 9.17) is 0 Å². The van der Waals surface area contributed by atoms with Crippen LogP contribution in [0.3, 0.4) is 0 Å². The highest BCUT2D eigenvalue weighted by Gasteiger charge is 2.26. The molecule has 1 unspecified atom stereocenters. The van der Waals surface area contributed by atoms with Gasteiger partial charge in [-0.2, -0.15) is 0 Å². The number of rotatable bonds is 5. The minimum atomic E-state index is -1.45. The van der Waals surface area contributed by atoms with E-state index in [0.717, 1.165) is 22.8 Å². The Morgan fingerprint density at radius 3 is 2.29 bits per heavy atom. The van der Waals surface area contributed by atoms with Gasteiger partial charge in [0.25, 0.3) is 0 Å². The van der Waals surface area contributed by atoms with E-state index in [9.17, 15) is 5.11 Å². The van der Waals surface area contributed by atoms with Gasteiger partial charge in [-0.25, -0.2) is 0 Å². The van der Waals surface area contributed by atoms with Gasteiger partial charge in [0.1, 0.15) is 5.75 Å². The van der Waals surface area contributed by atoms with Gasteiger partial charge < -0.3 is 5.11 Å². The number of fused-ring (bicyclic) bond motifs is 1. The topological polar surface area (TPSA) is 20.2 Å². The van der Waals surface area contributed by atoms with Gasteiger partial charge in [0.2, 0.25) is 0 Å². The first-order chi connectivity index (χ1) is 11.5. The maximum absolute atomic E-state index is 10.6. The number of benzene rings is 3. The number of phenols is 1. The van der Waals surface area contributed by atoms with Crippen LogP contribution in [0, 0.1) is 5.92 Å². The fraction of sp³-hybridized carbons (Fsp3) is 0.273. The molecule has 3 aromatic rings. The Bertz CT molecular complexity index is 824. The molecule has 0 fully saturated rings. The summed E-state index contributed by atoms with van der Waals surface area (Å²) >= 11 is 0. The molecule has 1 atom stereocenters. The van der Waals surface area contributed by atoms with Gasteiger partial charge in [-0.3, -0.25) is 0 Å². The van der Waals surface area contributed by atoms with E-state index in [1.165, 1.54) is 11.2 Å². The average Bonchev–Trinajstić information content (AvgIpc) is 2.58. The molecule has 0 aliphatic carbocycles. The van der Waals surface area contributed by atoms with Gasteiger partial charge in [0.05, 0.1) is 8.07 Å². The second kappa shape index (κ2) is 6.82. The van der Waals surface area contributed by atoms with Crippen molar-refractivity contribution in [3.63, 3.8) is 0 Å². The maximum atomic E-state index is 10.6. The van der Waals surface area contributed by atoms with Crippen molar-refractivity contribution in [1.29, 1.82) is 0 Å². The van der Waals surface area contributed by atoms with Gasteiger partial charge in [-0.05, 0) is 23.3 Å². The molecule has 0 aliphatic heterocycles. The molecule has 124 valence electrons. The Balaban J connectivity index is 1.78. The molecule has 0 saturated carbocycles. The summed E-state index contributed by atoms with van der Waals surface area (Å²) in [5, 5.41) is 14.2. The van der Waals surface area contributed by atoms with E-state index >= 15 is 0 Å². The third kappa shape index (κ3) is 3.54. The molecule has 0 saturated heterocycles. The molecular formula is C22H26OSi. The highest BCUT2D eigenvalue weighted by Crippen LogP contribution is 2.31. The molecule has 3 aromatic carbocycles. The molecule has 0 aromatic heterocycles. The van der Waals surface area contributed by atoms with Gasteiger partial charge in [-0.1, -0.05) is 98.0 Å². The summed E-state index contributed by atoms with van der Waals surface area (Å²) in [6, 6.07) is 24.4. The molecule has 1 N–H and O–H groups in total. The van der Waals surface area contributed by atoms with Crippen LogP contribution in [-0.4, -0.2) is 13.2 Å². The summed E-state index contributed by atoms with van der Waals surface area (Å²) in [5.41, 5.74) is 1.07. The fourth-order valence-electron chi connectivity index (χ4n) is 3.79. The summed E-state index contributed by atoms with van der Waals surface area (Å²) < 4.78 is 0. The lowest BCUT2D eigenvalue weighted by molar-refractivity contribution is 0.468. The van der Waals surface area contributed by atoms with Crippen LogP contribution >= 0.6 is 0 Å². The van der Waals surface area contributed by atoms with Crippen LogP contribution in [0.25, 0.3) is 10.8 Å². The summed E-state index contributed by atoms with van der Waals surface area (Å²) in [6.07, 6.45) is 0.930. The molecule has 0 amide bonds. The third-order valence-electron chi connectivity index (χ3n) is 4.97. The lowest BCUT2D eigenvalue weighted by Gasteiger charge is -2.27. The molecule has 0 radical (unpaired) electrons. The first kappa shape index (κ1) is 16.8. The van der Waals surface area contributed by atoms with E-state index < -0.39 is 8.07 Å². The minimum Gasteiger partial charge on any atom is -0.507 e. The Hall–Kier alpha value is -2.06. The Morgan fingerprint density at radius 2 is 1.54 bits per heavy atom. The molecule has 0 heterocycles. The SMILES string of the molecule is CC(Cc1ccc2ccccc2c1O)C[Si](C)(C)c1ccccc1. The van der Waals surface area contributed by atoms with Crippen molar-refractivity contribution < 1.29 is 5.11 Å². The van der Waals surface area contributed by atoms with E-state index in [2.05, 4.69) is 62.5 Å². The van der Waals surface area contributed by atoms with Crippen LogP contribution in [0.2, 0.25) is 19.1 Å². The van der Waals surface area contributed by atoms with E-state index in [1.54, 1.807) is 0 Å². The zero-order valence-electron chi connectivity index (χ0n) is 14.8. The van der Waals surface area contributed by atoms with Crippen molar-refractivity contribution in [2.24, 2.45) is 5.92 Å². The third-order valence-corrected chi connectivity index (χ3v) is 8.58. The molecule has 24 heavy (non-hydrogen) atoms. The van der Waals surface area contributed by atoms with Crippen molar-refractivity contribution in [3.05, 3.63) is 72.3 Å². The Labute approximate surface area is 146 Å². The Kier molecular flexibility index (Phi) is 4.77. The summed E-state index contributed by atoms with van der Waals surface area (Å²) in [7, 11) is -1.45. The summed E-state index contributed by atoms with van der Waals surface area (Å²) in [4.78, 5) is 0. The standard InChI is InChI=1S/C22H26OSi/c1-17(16-24(2,3)20-10-5-4-6-11-20)15-19-14-13-18-9-7-8-12-21(18)22(19)23/h4-14,17,23H,15-16H2,1-3H3. The van der Waals surface area contributed by atoms with E-state index in [-0.39, 0.29) is 0 Å². The molecule has 1 nitrogen and oxygen atoms in total. The van der Waals surface area contributed by atoms with Crippen LogP contribution in [0.5, 0.6) is 5.75 Å². The lowest BCUT2D eigenvalue weighted by atomic mass is 9.98. The van der Waals surface area contributed by atoms with Crippen molar-refractivity contribution in [3.8, 4) is 5.75 Å². The highest BCUT2D eigenvalue weighted by atomic mass is 28.3. The average molecular weight is 335 g/mol. The van der Waals surface area contributed by atoms with Crippen LogP contribution in [-0.2, 0) is 6.42 Å². The lowest BCUT2D eigenvalue weighted by Crippen LogP contribution is -2.42. The van der Waals surface area contributed by atoms with Crippen LogP contribution in [0.1, 0.15) is 12.5 Å². The normalized spacial score (nSPS) is 13.1. The van der Waals surface area contributed by atoms with Crippen molar-refractivity contribution >= 4 is 24.0 Å². The summed E-state index contributed by atoms with van der Waals surface area (Å²) in [5.74, 6) is 1.01. The van der Waals surface area contributed by atoms with Crippen molar-refractivity contribution in [2.75, 3.05) is 0 Å². The van der Waals surface area contributed by atoms with Crippen molar-refractivity contribution in [1.82, 2.24) is 0 Å². The van der Waals surface area contributed by atoms with Gasteiger partial charge in [0.15, 0.2) is 0 Å². The quantitative estimate of drug-likeness (QED) is 0.624. The maximum Gasteiger partial charge on any atom is 0.126 e. The molecule has 2 heteroatoms. The highest BCUT2D eigenvalue weighted by molar-refractivity contribution is 6.89. The minimum absolute atomic E-state index is 0.458. The fourth-order valence-corrected chi connectivity index (χ4v) is 7.01. The van der Waals surface area contributed by atoms with Crippen molar-refractivity contribution in [2.45, 2.75) is 32.5 Å². The smallest absolute Gasteiger partial charge is 0.126 e. The molecule has 0 aliphatic rings. The predicted molar refractivity (Wildman–Crippen MR) is 107 cm³/mol. The van der Waals surface area contributed by atoms with E-state index in [0.29, 0.717) is 11.7 Å². The summed E-state index contributed by atoms with van der Waals surface area (Å²) in [6.45, 7) is 7.20. The zero-order chi connectivity index (χ0) is 17.2. The van der Waals surface area contributed by atoms with E-state index in [1.807, 2.05) is 24.3 Å². The predicted octanol–water partition coefficient (Wildman–Crippen LogP) is 5.34. The second-order valence-corrected chi connectivity index (χ2v) is 12.3.